The van der Waals surface area contributed by atoms with Crippen molar-refractivity contribution in [2.75, 3.05) is 6.61 Å². The summed E-state index contributed by atoms with van der Waals surface area (Å²) in [5, 5.41) is 10.5. The highest BCUT2D eigenvalue weighted by molar-refractivity contribution is 5.50. The normalized spacial score (nSPS) is 19.3. The van der Waals surface area contributed by atoms with Crippen molar-refractivity contribution >= 4 is 12.1 Å². The molecule has 0 aliphatic carbocycles. The molecule has 1 aromatic rings. The van der Waals surface area contributed by atoms with E-state index >= 15 is 0 Å². The molecule has 1 aliphatic heterocycles. The Hall–Kier alpha value is -1.91. The minimum Gasteiger partial charge on any atom is -0.481 e. The topological polar surface area (TPSA) is 64.7 Å². The highest BCUT2D eigenvalue weighted by atomic mass is 16.6. The Morgan fingerprint density at radius 2 is 2.43 bits per heavy atom. The standard InChI is InChI=1S/C9H8N2O3/c12-11(13)8-3-1-2-7(4-8)9-5-14-6-10-9/h1-4,6,9H,5H2. The molecule has 1 unspecified atom stereocenters. The summed E-state index contributed by atoms with van der Waals surface area (Å²) in [4.78, 5) is 14.1. The molecule has 1 atom stereocenters. The predicted molar refractivity (Wildman–Crippen MR) is 50.3 cm³/mol. The van der Waals surface area contributed by atoms with Crippen molar-refractivity contribution in [3.63, 3.8) is 0 Å². The first kappa shape index (κ1) is 8.68. The number of benzene rings is 1. The predicted octanol–water partition coefficient (Wildman–Crippen LogP) is 1.69. The van der Waals surface area contributed by atoms with Gasteiger partial charge in [-0.15, -0.1) is 0 Å². The van der Waals surface area contributed by atoms with Gasteiger partial charge in [0.25, 0.3) is 5.69 Å². The summed E-state index contributed by atoms with van der Waals surface area (Å²) in [5.74, 6) is 0. The van der Waals surface area contributed by atoms with E-state index < -0.39 is 4.92 Å². The molecule has 0 amide bonds. The molecule has 1 aromatic carbocycles. The van der Waals surface area contributed by atoms with Gasteiger partial charge in [-0.1, -0.05) is 12.1 Å². The van der Waals surface area contributed by atoms with Gasteiger partial charge in [-0.3, -0.25) is 10.1 Å². The monoisotopic (exact) mass is 192 g/mol. The Kier molecular flexibility index (Phi) is 2.14. The van der Waals surface area contributed by atoms with Gasteiger partial charge in [0.1, 0.15) is 12.6 Å². The van der Waals surface area contributed by atoms with E-state index in [0.717, 1.165) is 5.56 Å². The van der Waals surface area contributed by atoms with Gasteiger partial charge in [0, 0.05) is 12.1 Å². The Morgan fingerprint density at radius 1 is 1.57 bits per heavy atom. The number of nitro benzene ring substituents is 1. The molecule has 5 heteroatoms. The van der Waals surface area contributed by atoms with Crippen molar-refractivity contribution < 1.29 is 9.66 Å². The van der Waals surface area contributed by atoms with Gasteiger partial charge in [-0.2, -0.15) is 0 Å². The number of rotatable bonds is 2. The molecule has 0 bridgehead atoms. The van der Waals surface area contributed by atoms with Gasteiger partial charge >= 0.3 is 0 Å². The van der Waals surface area contributed by atoms with E-state index in [0.29, 0.717) is 6.61 Å². The number of non-ortho nitro benzene ring substituents is 1. The third kappa shape index (κ3) is 1.56. The van der Waals surface area contributed by atoms with Crippen molar-refractivity contribution in [3.05, 3.63) is 39.9 Å². The van der Waals surface area contributed by atoms with Crippen molar-refractivity contribution in [2.24, 2.45) is 4.99 Å². The summed E-state index contributed by atoms with van der Waals surface area (Å²) in [6.45, 7) is 0.459. The van der Waals surface area contributed by atoms with Gasteiger partial charge in [0.05, 0.1) is 4.92 Å². The Balaban J connectivity index is 2.30. The maximum Gasteiger partial charge on any atom is 0.269 e. The summed E-state index contributed by atoms with van der Waals surface area (Å²) in [7, 11) is 0. The van der Waals surface area contributed by atoms with Crippen LogP contribution in [0.5, 0.6) is 0 Å². The van der Waals surface area contributed by atoms with Crippen LogP contribution in [0.15, 0.2) is 29.3 Å². The lowest BCUT2D eigenvalue weighted by Crippen LogP contribution is -1.98. The summed E-state index contributed by atoms with van der Waals surface area (Å²) in [6, 6.07) is 6.35. The zero-order valence-electron chi connectivity index (χ0n) is 7.29. The lowest BCUT2D eigenvalue weighted by atomic mass is 10.1. The Labute approximate surface area is 80.2 Å². The molecule has 0 N–H and O–H groups in total. The van der Waals surface area contributed by atoms with Gasteiger partial charge in [-0.25, -0.2) is 4.99 Å². The second kappa shape index (κ2) is 3.45. The SMILES string of the molecule is O=[N+]([O-])c1cccc(C2COC=N2)c1. The second-order valence-corrected chi connectivity index (χ2v) is 2.96. The first-order valence-corrected chi connectivity index (χ1v) is 4.15. The summed E-state index contributed by atoms with van der Waals surface area (Å²) in [5.41, 5.74) is 0.901. The fraction of sp³-hybridized carbons (Fsp3) is 0.222. The van der Waals surface area contributed by atoms with Gasteiger partial charge in [0.15, 0.2) is 6.40 Å². The van der Waals surface area contributed by atoms with Crippen LogP contribution in [0, 0.1) is 10.1 Å². The van der Waals surface area contributed by atoms with E-state index in [1.807, 2.05) is 6.07 Å². The zero-order valence-corrected chi connectivity index (χ0v) is 7.29. The summed E-state index contributed by atoms with van der Waals surface area (Å²) >= 11 is 0. The first-order valence-electron chi connectivity index (χ1n) is 4.15. The van der Waals surface area contributed by atoms with Crippen molar-refractivity contribution in [3.8, 4) is 0 Å². The molecule has 0 spiro atoms. The number of ether oxygens (including phenoxy) is 1. The van der Waals surface area contributed by atoms with Gasteiger partial charge in [0.2, 0.25) is 0 Å². The van der Waals surface area contributed by atoms with E-state index in [9.17, 15) is 10.1 Å². The molecule has 2 rings (SSSR count). The van der Waals surface area contributed by atoms with E-state index in [1.54, 1.807) is 6.07 Å². The highest BCUT2D eigenvalue weighted by Crippen LogP contribution is 2.24. The molecular weight excluding hydrogens is 184 g/mol. The first-order chi connectivity index (χ1) is 6.77. The molecule has 0 saturated carbocycles. The summed E-state index contributed by atoms with van der Waals surface area (Å²) in [6.07, 6.45) is 1.38. The molecule has 0 saturated heterocycles. The smallest absolute Gasteiger partial charge is 0.269 e. The van der Waals surface area contributed by atoms with Crippen LogP contribution in [-0.4, -0.2) is 17.9 Å². The van der Waals surface area contributed by atoms with Crippen LogP contribution in [0.1, 0.15) is 11.6 Å². The highest BCUT2D eigenvalue weighted by Gasteiger charge is 2.16. The molecular formula is C9H8N2O3. The fourth-order valence-corrected chi connectivity index (χ4v) is 1.32. The van der Waals surface area contributed by atoms with Crippen LogP contribution < -0.4 is 0 Å². The molecule has 5 nitrogen and oxygen atoms in total. The van der Waals surface area contributed by atoms with Gasteiger partial charge < -0.3 is 4.74 Å². The van der Waals surface area contributed by atoms with E-state index in [4.69, 9.17) is 4.74 Å². The molecule has 72 valence electrons. The molecule has 0 fully saturated rings. The molecule has 1 aliphatic rings. The average Bonchev–Trinajstić information content (AvgIpc) is 2.71. The fourth-order valence-electron chi connectivity index (χ4n) is 1.32. The van der Waals surface area contributed by atoms with E-state index in [-0.39, 0.29) is 11.7 Å². The van der Waals surface area contributed by atoms with Crippen LogP contribution in [0.2, 0.25) is 0 Å². The Bertz CT molecular complexity index is 389. The van der Waals surface area contributed by atoms with Crippen LogP contribution in [0.4, 0.5) is 5.69 Å². The maximum absolute atomic E-state index is 10.5. The number of nitrogens with zero attached hydrogens (tertiary/aromatic N) is 2. The van der Waals surface area contributed by atoms with Gasteiger partial charge in [-0.05, 0) is 5.56 Å². The van der Waals surface area contributed by atoms with E-state index in [2.05, 4.69) is 4.99 Å². The van der Waals surface area contributed by atoms with Crippen molar-refractivity contribution in [2.45, 2.75) is 6.04 Å². The minimum atomic E-state index is -0.414. The van der Waals surface area contributed by atoms with Crippen molar-refractivity contribution in [1.82, 2.24) is 0 Å². The largest absolute Gasteiger partial charge is 0.481 e. The van der Waals surface area contributed by atoms with Crippen LogP contribution in [0.3, 0.4) is 0 Å². The number of hydrogen-bond donors (Lipinski definition) is 0. The second-order valence-electron chi connectivity index (χ2n) is 2.96. The van der Waals surface area contributed by atoms with Crippen LogP contribution in [-0.2, 0) is 4.74 Å². The Morgan fingerprint density at radius 3 is 3.07 bits per heavy atom. The molecule has 0 radical (unpaired) electrons. The lowest BCUT2D eigenvalue weighted by molar-refractivity contribution is -0.384. The minimum absolute atomic E-state index is 0.0876. The number of aliphatic imine (C=N–C) groups is 1. The van der Waals surface area contributed by atoms with Crippen LogP contribution >= 0.6 is 0 Å². The van der Waals surface area contributed by atoms with Crippen molar-refractivity contribution in [1.29, 1.82) is 0 Å². The molecule has 1 heterocycles. The zero-order chi connectivity index (χ0) is 9.97. The quantitative estimate of drug-likeness (QED) is 0.529. The molecule has 14 heavy (non-hydrogen) atoms. The summed E-state index contributed by atoms with van der Waals surface area (Å²) < 4.78 is 4.95. The third-order valence-corrected chi connectivity index (χ3v) is 2.04. The molecule has 0 aromatic heterocycles. The van der Waals surface area contributed by atoms with Crippen LogP contribution in [0.25, 0.3) is 0 Å². The maximum atomic E-state index is 10.5. The third-order valence-electron chi connectivity index (χ3n) is 2.04. The number of hydrogen-bond acceptors (Lipinski definition) is 4. The average molecular weight is 192 g/mol. The van der Waals surface area contributed by atoms with E-state index in [1.165, 1.54) is 18.5 Å². The number of nitro groups is 1. The lowest BCUT2D eigenvalue weighted by Gasteiger charge is -2.04.